The van der Waals surface area contributed by atoms with Crippen LogP contribution in [-0.2, 0) is 14.6 Å². The summed E-state index contributed by atoms with van der Waals surface area (Å²) in [6.45, 7) is -0.240. The number of carbonyl (C=O) groups excluding carboxylic acids is 2. The Morgan fingerprint density at radius 2 is 1.96 bits per heavy atom. The van der Waals surface area contributed by atoms with Crippen molar-refractivity contribution in [2.75, 3.05) is 18.1 Å². The van der Waals surface area contributed by atoms with E-state index in [1.54, 1.807) is 0 Å². The fourth-order valence-electron chi connectivity index (χ4n) is 2.32. The molecule has 2 N–H and O–H groups in total. The van der Waals surface area contributed by atoms with Crippen LogP contribution in [0.2, 0.25) is 10.0 Å². The molecule has 1 fully saturated rings. The van der Waals surface area contributed by atoms with Gasteiger partial charge in [0.2, 0.25) is 5.91 Å². The van der Waals surface area contributed by atoms with Crippen LogP contribution < -0.4 is 10.6 Å². The summed E-state index contributed by atoms with van der Waals surface area (Å²) in [5.74, 6) is -0.789. The Bertz CT molecular complexity index is 721. The van der Waals surface area contributed by atoms with Gasteiger partial charge in [0.05, 0.1) is 28.1 Å². The number of rotatable bonds is 4. The molecule has 2 amide bonds. The van der Waals surface area contributed by atoms with Crippen molar-refractivity contribution < 1.29 is 18.0 Å². The summed E-state index contributed by atoms with van der Waals surface area (Å²) in [6, 6.07) is 3.99. The third-order valence-electron chi connectivity index (χ3n) is 3.42. The molecule has 1 aliphatic rings. The molecule has 0 spiro atoms. The average molecular weight is 379 g/mol. The molecule has 1 heterocycles. The second-order valence-electron chi connectivity index (χ2n) is 5.33. The number of nitrogens with one attached hydrogen (secondary N) is 2. The Kier molecular flexibility index (Phi) is 5.89. The average Bonchev–Trinajstić information content (AvgIpc) is 2.46. The minimum Gasteiger partial charge on any atom is -0.351 e. The van der Waals surface area contributed by atoms with Gasteiger partial charge >= 0.3 is 0 Å². The third kappa shape index (κ3) is 5.37. The van der Waals surface area contributed by atoms with Gasteiger partial charge < -0.3 is 10.6 Å². The van der Waals surface area contributed by atoms with Gasteiger partial charge in [-0.1, -0.05) is 23.2 Å². The minimum atomic E-state index is -3.09. The molecule has 0 aromatic heterocycles. The number of hydrogen-bond acceptors (Lipinski definition) is 4. The molecular formula is C14H16Cl2N2O4S. The Labute approximate surface area is 144 Å². The Balaban J connectivity index is 1.84. The summed E-state index contributed by atoms with van der Waals surface area (Å²) in [5.41, 5.74) is 0.285. The SMILES string of the molecule is O=C(CNC(=O)c1ccc(Cl)c(Cl)c1)NC1CCCS(=O)(=O)C1. The van der Waals surface area contributed by atoms with Crippen molar-refractivity contribution in [1.29, 1.82) is 0 Å². The quantitative estimate of drug-likeness (QED) is 0.828. The molecule has 2 rings (SSSR count). The largest absolute Gasteiger partial charge is 0.351 e. The molecule has 9 heteroatoms. The van der Waals surface area contributed by atoms with E-state index in [4.69, 9.17) is 23.2 Å². The highest BCUT2D eigenvalue weighted by atomic mass is 35.5. The molecule has 1 aromatic carbocycles. The maximum Gasteiger partial charge on any atom is 0.251 e. The fourth-order valence-corrected chi connectivity index (χ4v) is 4.25. The van der Waals surface area contributed by atoms with Gasteiger partial charge in [-0.15, -0.1) is 0 Å². The molecular weight excluding hydrogens is 363 g/mol. The van der Waals surface area contributed by atoms with Crippen molar-refractivity contribution in [3.8, 4) is 0 Å². The van der Waals surface area contributed by atoms with Crippen LogP contribution in [0, 0.1) is 0 Å². The van der Waals surface area contributed by atoms with Crippen molar-refractivity contribution in [2.45, 2.75) is 18.9 Å². The second kappa shape index (κ2) is 7.51. The summed E-state index contributed by atoms with van der Waals surface area (Å²) in [4.78, 5) is 23.7. The second-order valence-corrected chi connectivity index (χ2v) is 8.38. The van der Waals surface area contributed by atoms with Crippen molar-refractivity contribution in [3.63, 3.8) is 0 Å². The molecule has 0 saturated carbocycles. The Hall–Kier alpha value is -1.31. The zero-order valence-electron chi connectivity index (χ0n) is 12.1. The number of hydrogen-bond donors (Lipinski definition) is 2. The molecule has 1 aromatic rings. The van der Waals surface area contributed by atoms with Crippen LogP contribution in [0.1, 0.15) is 23.2 Å². The summed E-state index contributed by atoms with van der Waals surface area (Å²) in [6.07, 6.45) is 1.15. The first kappa shape index (κ1) is 18.0. The van der Waals surface area contributed by atoms with E-state index in [-0.39, 0.29) is 28.6 Å². The highest BCUT2D eigenvalue weighted by molar-refractivity contribution is 7.91. The Morgan fingerprint density at radius 1 is 1.22 bits per heavy atom. The van der Waals surface area contributed by atoms with E-state index < -0.39 is 27.7 Å². The lowest BCUT2D eigenvalue weighted by Gasteiger charge is -2.23. The molecule has 1 saturated heterocycles. The molecule has 0 aliphatic carbocycles. The lowest BCUT2D eigenvalue weighted by atomic mass is 10.2. The lowest BCUT2D eigenvalue weighted by molar-refractivity contribution is -0.120. The fraction of sp³-hybridized carbons (Fsp3) is 0.429. The summed E-state index contributed by atoms with van der Waals surface area (Å²) in [7, 11) is -3.09. The molecule has 1 unspecified atom stereocenters. The third-order valence-corrected chi connectivity index (χ3v) is 5.98. The minimum absolute atomic E-state index is 0.0561. The maximum atomic E-state index is 11.9. The zero-order valence-corrected chi connectivity index (χ0v) is 14.5. The number of carbonyl (C=O) groups is 2. The van der Waals surface area contributed by atoms with Crippen LogP contribution in [0.15, 0.2) is 18.2 Å². The number of sulfone groups is 1. The van der Waals surface area contributed by atoms with Crippen LogP contribution in [0.4, 0.5) is 0 Å². The standard InChI is InChI=1S/C14H16Cl2N2O4S/c15-11-4-3-9(6-12(11)16)14(20)17-7-13(19)18-10-2-1-5-23(21,22)8-10/h3-4,6,10H,1-2,5,7-8H2,(H,17,20)(H,18,19). The van der Waals surface area contributed by atoms with Crippen molar-refractivity contribution >= 4 is 44.9 Å². The first-order chi connectivity index (χ1) is 10.8. The zero-order chi connectivity index (χ0) is 17.0. The van der Waals surface area contributed by atoms with Gasteiger partial charge in [0, 0.05) is 11.6 Å². The van der Waals surface area contributed by atoms with E-state index in [9.17, 15) is 18.0 Å². The molecule has 1 atom stereocenters. The van der Waals surface area contributed by atoms with Gasteiger partial charge in [0.1, 0.15) is 0 Å². The van der Waals surface area contributed by atoms with Gasteiger partial charge in [0.25, 0.3) is 5.91 Å². The molecule has 23 heavy (non-hydrogen) atoms. The van der Waals surface area contributed by atoms with Crippen LogP contribution in [0.5, 0.6) is 0 Å². The van der Waals surface area contributed by atoms with E-state index in [0.29, 0.717) is 17.9 Å². The Morgan fingerprint density at radius 3 is 2.61 bits per heavy atom. The molecule has 6 nitrogen and oxygen atoms in total. The molecule has 1 aliphatic heterocycles. The number of halogens is 2. The van der Waals surface area contributed by atoms with E-state index in [1.807, 2.05) is 0 Å². The first-order valence-electron chi connectivity index (χ1n) is 7.00. The van der Waals surface area contributed by atoms with Crippen molar-refractivity contribution in [2.24, 2.45) is 0 Å². The molecule has 0 bridgehead atoms. The highest BCUT2D eigenvalue weighted by Gasteiger charge is 2.25. The van der Waals surface area contributed by atoms with Gasteiger partial charge in [0.15, 0.2) is 9.84 Å². The first-order valence-corrected chi connectivity index (χ1v) is 9.57. The van der Waals surface area contributed by atoms with Crippen LogP contribution in [0.3, 0.4) is 0 Å². The molecule has 0 radical (unpaired) electrons. The summed E-state index contributed by atoms with van der Waals surface area (Å²) < 4.78 is 23.0. The van der Waals surface area contributed by atoms with Gasteiger partial charge in [-0.2, -0.15) is 0 Å². The molecule has 126 valence electrons. The van der Waals surface area contributed by atoms with E-state index >= 15 is 0 Å². The maximum absolute atomic E-state index is 11.9. The topological polar surface area (TPSA) is 92.3 Å². The summed E-state index contributed by atoms with van der Waals surface area (Å²) >= 11 is 11.6. The van der Waals surface area contributed by atoms with Gasteiger partial charge in [-0.25, -0.2) is 8.42 Å². The van der Waals surface area contributed by atoms with E-state index in [1.165, 1.54) is 18.2 Å². The van der Waals surface area contributed by atoms with Gasteiger partial charge in [-0.05, 0) is 31.0 Å². The van der Waals surface area contributed by atoms with Crippen molar-refractivity contribution in [1.82, 2.24) is 10.6 Å². The van der Waals surface area contributed by atoms with Crippen LogP contribution in [0.25, 0.3) is 0 Å². The van der Waals surface area contributed by atoms with E-state index in [2.05, 4.69) is 10.6 Å². The predicted octanol–water partition coefficient (Wildman–Crippen LogP) is 1.42. The van der Waals surface area contributed by atoms with Crippen molar-refractivity contribution in [3.05, 3.63) is 33.8 Å². The smallest absolute Gasteiger partial charge is 0.251 e. The number of amides is 2. The monoisotopic (exact) mass is 378 g/mol. The lowest BCUT2D eigenvalue weighted by Crippen LogP contribution is -2.46. The highest BCUT2D eigenvalue weighted by Crippen LogP contribution is 2.22. The van der Waals surface area contributed by atoms with Crippen LogP contribution >= 0.6 is 23.2 Å². The summed E-state index contributed by atoms with van der Waals surface area (Å²) in [5, 5.41) is 5.65. The van der Waals surface area contributed by atoms with E-state index in [0.717, 1.165) is 0 Å². The normalized spacial score (nSPS) is 19.8. The van der Waals surface area contributed by atoms with Gasteiger partial charge in [-0.3, -0.25) is 9.59 Å². The van der Waals surface area contributed by atoms with Crippen LogP contribution in [-0.4, -0.2) is 44.3 Å². The number of benzene rings is 1. The predicted molar refractivity (Wildman–Crippen MR) is 88.6 cm³/mol.